The van der Waals surface area contributed by atoms with Crippen molar-refractivity contribution in [1.82, 2.24) is 15.2 Å². The number of aromatic nitrogens is 1. The zero-order valence-electron chi connectivity index (χ0n) is 14.1. The summed E-state index contributed by atoms with van der Waals surface area (Å²) in [5, 5.41) is 3.56. The maximum absolute atomic E-state index is 13.1. The Labute approximate surface area is 129 Å². The van der Waals surface area contributed by atoms with Crippen LogP contribution in [0.4, 0.5) is 4.39 Å². The summed E-state index contributed by atoms with van der Waals surface area (Å²) in [6, 6.07) is 3.99. The van der Waals surface area contributed by atoms with Crippen molar-refractivity contribution >= 4 is 0 Å². The predicted molar refractivity (Wildman–Crippen MR) is 86.8 cm³/mol. The monoisotopic (exact) mass is 295 g/mol. The first-order valence-electron chi connectivity index (χ1n) is 8.08. The van der Waals surface area contributed by atoms with Gasteiger partial charge in [-0.2, -0.15) is 0 Å². The van der Waals surface area contributed by atoms with E-state index in [1.54, 1.807) is 6.07 Å². The van der Waals surface area contributed by atoms with Crippen molar-refractivity contribution < 1.29 is 4.39 Å². The van der Waals surface area contributed by atoms with Crippen molar-refractivity contribution in [3.63, 3.8) is 0 Å². The molecule has 4 heteroatoms. The molecule has 1 aromatic rings. The van der Waals surface area contributed by atoms with E-state index in [0.717, 1.165) is 31.7 Å². The third kappa shape index (κ3) is 5.71. The van der Waals surface area contributed by atoms with E-state index in [9.17, 15) is 4.39 Å². The van der Waals surface area contributed by atoms with E-state index in [4.69, 9.17) is 0 Å². The lowest BCUT2D eigenvalue weighted by molar-refractivity contribution is 0.180. The normalized spacial score (nSPS) is 14.7. The first kappa shape index (κ1) is 18.1. The van der Waals surface area contributed by atoms with Crippen LogP contribution in [0.2, 0.25) is 0 Å². The molecule has 2 unspecified atom stereocenters. The van der Waals surface area contributed by atoms with Gasteiger partial charge in [-0.15, -0.1) is 0 Å². The Morgan fingerprint density at radius 3 is 2.43 bits per heavy atom. The Morgan fingerprint density at radius 1 is 1.24 bits per heavy atom. The second-order valence-corrected chi connectivity index (χ2v) is 5.99. The van der Waals surface area contributed by atoms with E-state index in [2.05, 4.69) is 49.8 Å². The smallest absolute Gasteiger partial charge is 0.141 e. The molecule has 1 heterocycles. The molecular formula is C17H30FN3. The first-order valence-corrected chi connectivity index (χ1v) is 8.08. The van der Waals surface area contributed by atoms with E-state index < -0.39 is 0 Å². The van der Waals surface area contributed by atoms with Gasteiger partial charge in [-0.3, -0.25) is 4.98 Å². The van der Waals surface area contributed by atoms with Crippen LogP contribution in [0, 0.1) is 11.7 Å². The van der Waals surface area contributed by atoms with Crippen LogP contribution in [0.25, 0.3) is 0 Å². The lowest BCUT2D eigenvalue weighted by Gasteiger charge is -2.32. The molecule has 21 heavy (non-hydrogen) atoms. The van der Waals surface area contributed by atoms with Crippen LogP contribution < -0.4 is 5.32 Å². The zero-order chi connectivity index (χ0) is 15.8. The molecule has 1 N–H and O–H groups in total. The lowest BCUT2D eigenvalue weighted by Crippen LogP contribution is -2.39. The van der Waals surface area contributed by atoms with Crippen LogP contribution >= 0.6 is 0 Å². The van der Waals surface area contributed by atoms with E-state index in [1.165, 1.54) is 12.3 Å². The maximum atomic E-state index is 13.1. The molecule has 0 aliphatic rings. The average Bonchev–Trinajstić information content (AvgIpc) is 2.46. The summed E-state index contributed by atoms with van der Waals surface area (Å²) in [6.45, 7) is 14.0. The Hall–Kier alpha value is -1.00. The van der Waals surface area contributed by atoms with Gasteiger partial charge in [0.05, 0.1) is 17.9 Å². The molecule has 0 saturated heterocycles. The van der Waals surface area contributed by atoms with E-state index in [1.807, 2.05) is 0 Å². The Bertz CT molecular complexity index is 392. The average molecular weight is 295 g/mol. The quantitative estimate of drug-likeness (QED) is 0.754. The number of nitrogens with one attached hydrogen (secondary N) is 1. The standard InChI is InChI=1S/C17H30FN3/c1-6-10-19-17(16-9-8-15(18)11-20-16)14(5)12-21(7-2)13(3)4/h8-9,11,13-14,17,19H,6-7,10,12H2,1-5H3. The Kier molecular flexibility index (Phi) is 7.83. The molecule has 120 valence electrons. The molecule has 0 aliphatic heterocycles. The molecule has 2 atom stereocenters. The molecular weight excluding hydrogens is 265 g/mol. The number of hydrogen-bond donors (Lipinski definition) is 1. The van der Waals surface area contributed by atoms with Crippen molar-refractivity contribution in [2.24, 2.45) is 5.92 Å². The summed E-state index contributed by atoms with van der Waals surface area (Å²) >= 11 is 0. The molecule has 0 radical (unpaired) electrons. The number of halogens is 1. The molecule has 0 aliphatic carbocycles. The number of hydrogen-bond acceptors (Lipinski definition) is 3. The topological polar surface area (TPSA) is 28.2 Å². The van der Waals surface area contributed by atoms with Gasteiger partial charge in [0.1, 0.15) is 5.82 Å². The SMILES string of the molecule is CCCNC(c1ccc(F)cn1)C(C)CN(CC)C(C)C. The molecule has 0 amide bonds. The third-order valence-corrected chi connectivity index (χ3v) is 3.91. The summed E-state index contributed by atoms with van der Waals surface area (Å²) in [5.41, 5.74) is 0.928. The van der Waals surface area contributed by atoms with E-state index in [-0.39, 0.29) is 11.9 Å². The summed E-state index contributed by atoms with van der Waals surface area (Å²) < 4.78 is 13.1. The molecule has 0 fully saturated rings. The van der Waals surface area contributed by atoms with Crippen molar-refractivity contribution in [3.8, 4) is 0 Å². The largest absolute Gasteiger partial charge is 0.308 e. The van der Waals surface area contributed by atoms with Gasteiger partial charge in [0, 0.05) is 12.6 Å². The minimum absolute atomic E-state index is 0.165. The highest BCUT2D eigenvalue weighted by molar-refractivity contribution is 5.11. The van der Waals surface area contributed by atoms with E-state index in [0.29, 0.717) is 12.0 Å². The van der Waals surface area contributed by atoms with Gasteiger partial charge < -0.3 is 10.2 Å². The summed E-state index contributed by atoms with van der Waals surface area (Å²) in [4.78, 5) is 6.73. The fourth-order valence-corrected chi connectivity index (χ4v) is 2.65. The maximum Gasteiger partial charge on any atom is 0.141 e. The van der Waals surface area contributed by atoms with Crippen LogP contribution in [0.3, 0.4) is 0 Å². The first-order chi connectivity index (χ1) is 9.99. The van der Waals surface area contributed by atoms with Crippen molar-refractivity contribution in [1.29, 1.82) is 0 Å². The van der Waals surface area contributed by atoms with Gasteiger partial charge in [0.15, 0.2) is 0 Å². The Balaban J connectivity index is 2.82. The second kappa shape index (κ2) is 9.11. The molecule has 1 rings (SSSR count). The minimum Gasteiger partial charge on any atom is -0.308 e. The highest BCUT2D eigenvalue weighted by Crippen LogP contribution is 2.22. The summed E-state index contributed by atoms with van der Waals surface area (Å²) in [6.07, 6.45) is 2.38. The minimum atomic E-state index is -0.280. The van der Waals surface area contributed by atoms with Crippen molar-refractivity contribution in [2.75, 3.05) is 19.6 Å². The Morgan fingerprint density at radius 2 is 1.95 bits per heavy atom. The summed E-state index contributed by atoms with van der Waals surface area (Å²) in [7, 11) is 0. The number of nitrogens with zero attached hydrogens (tertiary/aromatic N) is 2. The van der Waals surface area contributed by atoms with Crippen LogP contribution in [0.15, 0.2) is 18.3 Å². The number of rotatable bonds is 9. The lowest BCUT2D eigenvalue weighted by atomic mass is 9.96. The van der Waals surface area contributed by atoms with Gasteiger partial charge in [-0.1, -0.05) is 20.8 Å². The summed E-state index contributed by atoms with van der Waals surface area (Å²) in [5.74, 6) is 0.134. The predicted octanol–water partition coefficient (Wildman–Crippen LogP) is 3.63. The van der Waals surface area contributed by atoms with Crippen LogP contribution in [-0.2, 0) is 0 Å². The molecule has 0 saturated carbocycles. The van der Waals surface area contributed by atoms with Crippen molar-refractivity contribution in [2.45, 2.75) is 53.1 Å². The highest BCUT2D eigenvalue weighted by Gasteiger charge is 2.22. The van der Waals surface area contributed by atoms with Crippen molar-refractivity contribution in [3.05, 3.63) is 29.8 Å². The zero-order valence-corrected chi connectivity index (χ0v) is 14.1. The second-order valence-electron chi connectivity index (χ2n) is 5.99. The van der Waals surface area contributed by atoms with Crippen LogP contribution in [0.1, 0.15) is 52.8 Å². The highest BCUT2D eigenvalue weighted by atomic mass is 19.1. The number of pyridine rings is 1. The molecule has 3 nitrogen and oxygen atoms in total. The third-order valence-electron chi connectivity index (χ3n) is 3.91. The fraction of sp³-hybridized carbons (Fsp3) is 0.706. The molecule has 1 aromatic heterocycles. The van der Waals surface area contributed by atoms with Gasteiger partial charge in [0.25, 0.3) is 0 Å². The fourth-order valence-electron chi connectivity index (χ4n) is 2.65. The van der Waals surface area contributed by atoms with Crippen LogP contribution in [-0.4, -0.2) is 35.6 Å². The van der Waals surface area contributed by atoms with Gasteiger partial charge in [-0.25, -0.2) is 4.39 Å². The van der Waals surface area contributed by atoms with Crippen LogP contribution in [0.5, 0.6) is 0 Å². The molecule has 0 spiro atoms. The van der Waals surface area contributed by atoms with Gasteiger partial charge in [0.2, 0.25) is 0 Å². The van der Waals surface area contributed by atoms with E-state index >= 15 is 0 Å². The molecule has 0 bridgehead atoms. The molecule has 0 aromatic carbocycles. The van der Waals surface area contributed by atoms with Gasteiger partial charge in [-0.05, 0) is 51.4 Å². The van der Waals surface area contributed by atoms with Gasteiger partial charge >= 0.3 is 0 Å².